The largest absolute Gasteiger partial charge is 0.379 e. The van der Waals surface area contributed by atoms with E-state index in [1.54, 1.807) is 7.11 Å². The number of amides is 1. The first-order chi connectivity index (χ1) is 9.22. The molecule has 3 rings (SSSR count). The molecule has 3 aliphatic rings. The smallest absolute Gasteiger partial charge is 0.244 e. The quantitative estimate of drug-likeness (QED) is 0.850. The Hall–Kier alpha value is -0.610. The third-order valence-electron chi connectivity index (χ3n) is 5.34. The average Bonchev–Trinajstić information content (AvgIpc) is 3.11. The van der Waals surface area contributed by atoms with E-state index in [4.69, 9.17) is 4.74 Å². The Bertz CT molecular complexity index is 352. The lowest BCUT2D eigenvalue weighted by Crippen LogP contribution is -2.48. The van der Waals surface area contributed by atoms with E-state index in [0.717, 1.165) is 32.1 Å². The highest BCUT2D eigenvalue weighted by Gasteiger charge is 2.54. The summed E-state index contributed by atoms with van der Waals surface area (Å²) in [4.78, 5) is 15.1. The van der Waals surface area contributed by atoms with Gasteiger partial charge in [-0.05, 0) is 38.5 Å². The summed E-state index contributed by atoms with van der Waals surface area (Å²) in [5.74, 6) is 0.353. The van der Waals surface area contributed by atoms with Crippen LogP contribution in [0.15, 0.2) is 0 Å². The first-order valence-corrected chi connectivity index (χ1v) is 7.85. The van der Waals surface area contributed by atoms with Crippen LogP contribution < -0.4 is 5.32 Å². The Morgan fingerprint density at radius 3 is 2.68 bits per heavy atom. The summed E-state index contributed by atoms with van der Waals surface area (Å²) in [6.07, 6.45) is 9.20. The Morgan fingerprint density at radius 1 is 1.32 bits per heavy atom. The first kappa shape index (κ1) is 13.4. The van der Waals surface area contributed by atoms with Gasteiger partial charge in [0.25, 0.3) is 0 Å². The molecule has 3 unspecified atom stereocenters. The predicted molar refractivity (Wildman–Crippen MR) is 73.7 cm³/mol. The molecule has 4 nitrogen and oxygen atoms in total. The van der Waals surface area contributed by atoms with Gasteiger partial charge in [-0.2, -0.15) is 0 Å². The fraction of sp³-hybridized carbons (Fsp3) is 0.933. The van der Waals surface area contributed by atoms with Crippen molar-refractivity contribution in [3.63, 3.8) is 0 Å². The van der Waals surface area contributed by atoms with E-state index < -0.39 is 0 Å². The van der Waals surface area contributed by atoms with Crippen molar-refractivity contribution in [1.29, 1.82) is 0 Å². The van der Waals surface area contributed by atoms with Crippen molar-refractivity contribution in [2.75, 3.05) is 7.11 Å². The SMILES string of the molecule is CCC1NC2(CCCC2)C(=O)N1C1CCCC1OC. The maximum absolute atomic E-state index is 13.0. The number of carbonyl (C=O) groups excluding carboxylic acids is 1. The van der Waals surface area contributed by atoms with Gasteiger partial charge in [-0.15, -0.1) is 0 Å². The Balaban J connectivity index is 1.84. The summed E-state index contributed by atoms with van der Waals surface area (Å²) in [7, 11) is 1.78. The Kier molecular flexibility index (Phi) is 3.56. The summed E-state index contributed by atoms with van der Waals surface area (Å²) < 4.78 is 5.61. The Morgan fingerprint density at radius 2 is 2.05 bits per heavy atom. The van der Waals surface area contributed by atoms with Gasteiger partial charge in [0, 0.05) is 7.11 Å². The van der Waals surface area contributed by atoms with Crippen LogP contribution >= 0.6 is 0 Å². The lowest BCUT2D eigenvalue weighted by molar-refractivity contribution is -0.137. The van der Waals surface area contributed by atoms with Crippen LogP contribution in [0.3, 0.4) is 0 Å². The van der Waals surface area contributed by atoms with Crippen molar-refractivity contribution in [2.45, 2.75) is 82.1 Å². The topological polar surface area (TPSA) is 41.6 Å². The molecule has 1 saturated heterocycles. The van der Waals surface area contributed by atoms with E-state index in [2.05, 4.69) is 17.1 Å². The number of ether oxygens (including phenoxy) is 1. The summed E-state index contributed by atoms with van der Waals surface area (Å²) >= 11 is 0. The standard InChI is InChI=1S/C15H26N2O2/c1-3-13-16-15(9-4-5-10-15)14(18)17(13)11-7-6-8-12(11)19-2/h11-13,16H,3-10H2,1-2H3. The normalized spacial score (nSPS) is 37.7. The molecule has 1 heterocycles. The van der Waals surface area contributed by atoms with E-state index in [-0.39, 0.29) is 23.9 Å². The lowest BCUT2D eigenvalue weighted by atomic mass is 9.97. The van der Waals surface area contributed by atoms with E-state index >= 15 is 0 Å². The van der Waals surface area contributed by atoms with E-state index in [9.17, 15) is 4.79 Å². The van der Waals surface area contributed by atoms with Crippen LogP contribution in [0.2, 0.25) is 0 Å². The van der Waals surface area contributed by atoms with Crippen LogP contribution in [0.25, 0.3) is 0 Å². The number of nitrogens with one attached hydrogen (secondary N) is 1. The molecule has 0 aromatic heterocycles. The molecule has 1 amide bonds. The molecule has 3 fully saturated rings. The van der Waals surface area contributed by atoms with Crippen molar-refractivity contribution in [3.05, 3.63) is 0 Å². The van der Waals surface area contributed by atoms with Crippen molar-refractivity contribution >= 4 is 5.91 Å². The van der Waals surface area contributed by atoms with E-state index in [1.807, 2.05) is 0 Å². The minimum Gasteiger partial charge on any atom is -0.379 e. The number of rotatable bonds is 3. The van der Waals surface area contributed by atoms with Gasteiger partial charge in [0.2, 0.25) is 5.91 Å². The maximum Gasteiger partial charge on any atom is 0.244 e. The molecule has 2 aliphatic carbocycles. The van der Waals surface area contributed by atoms with Crippen LogP contribution in [0, 0.1) is 0 Å². The molecule has 1 N–H and O–H groups in total. The second-order valence-corrected chi connectivity index (χ2v) is 6.34. The fourth-order valence-electron chi connectivity index (χ4n) is 4.36. The second-order valence-electron chi connectivity index (χ2n) is 6.34. The van der Waals surface area contributed by atoms with Crippen LogP contribution in [-0.4, -0.2) is 41.8 Å². The molecule has 0 aromatic rings. The van der Waals surface area contributed by atoms with E-state index in [1.165, 1.54) is 19.3 Å². The van der Waals surface area contributed by atoms with Gasteiger partial charge in [-0.25, -0.2) is 0 Å². The molecular weight excluding hydrogens is 240 g/mol. The highest BCUT2D eigenvalue weighted by Crippen LogP contribution is 2.40. The summed E-state index contributed by atoms with van der Waals surface area (Å²) in [5.41, 5.74) is -0.235. The third kappa shape index (κ3) is 2.00. The molecule has 19 heavy (non-hydrogen) atoms. The molecule has 3 atom stereocenters. The van der Waals surface area contributed by atoms with Gasteiger partial charge < -0.3 is 9.64 Å². The molecule has 0 aromatic carbocycles. The summed E-state index contributed by atoms with van der Waals surface area (Å²) in [6, 6.07) is 0.287. The van der Waals surface area contributed by atoms with Crippen LogP contribution in [0.1, 0.15) is 58.3 Å². The lowest BCUT2D eigenvalue weighted by Gasteiger charge is -2.33. The van der Waals surface area contributed by atoms with Gasteiger partial charge in [0.1, 0.15) is 0 Å². The average molecular weight is 266 g/mol. The number of hydrogen-bond acceptors (Lipinski definition) is 3. The summed E-state index contributed by atoms with van der Waals surface area (Å²) in [5, 5.41) is 3.66. The first-order valence-electron chi connectivity index (χ1n) is 7.85. The monoisotopic (exact) mass is 266 g/mol. The van der Waals surface area contributed by atoms with Crippen molar-refractivity contribution in [2.24, 2.45) is 0 Å². The highest BCUT2D eigenvalue weighted by atomic mass is 16.5. The second kappa shape index (κ2) is 5.06. The van der Waals surface area contributed by atoms with Gasteiger partial charge >= 0.3 is 0 Å². The summed E-state index contributed by atoms with van der Waals surface area (Å²) in [6.45, 7) is 2.17. The Labute approximate surface area is 115 Å². The van der Waals surface area contributed by atoms with Gasteiger partial charge in [0.15, 0.2) is 0 Å². The molecule has 1 spiro atoms. The molecule has 4 heteroatoms. The van der Waals surface area contributed by atoms with Crippen LogP contribution in [0.5, 0.6) is 0 Å². The van der Waals surface area contributed by atoms with Crippen molar-refractivity contribution in [3.8, 4) is 0 Å². The number of carbonyl (C=O) groups is 1. The van der Waals surface area contributed by atoms with Crippen molar-refractivity contribution in [1.82, 2.24) is 10.2 Å². The molecule has 0 radical (unpaired) electrons. The van der Waals surface area contributed by atoms with Gasteiger partial charge in [0.05, 0.1) is 23.9 Å². The number of hydrogen-bond donors (Lipinski definition) is 1. The minimum absolute atomic E-state index is 0.214. The molecule has 0 bridgehead atoms. The fourth-order valence-corrected chi connectivity index (χ4v) is 4.36. The third-order valence-corrected chi connectivity index (χ3v) is 5.34. The van der Waals surface area contributed by atoms with Crippen molar-refractivity contribution < 1.29 is 9.53 Å². The molecule has 1 aliphatic heterocycles. The van der Waals surface area contributed by atoms with Gasteiger partial charge in [-0.1, -0.05) is 19.8 Å². The zero-order valence-electron chi connectivity index (χ0n) is 12.2. The molecule has 2 saturated carbocycles. The highest BCUT2D eigenvalue weighted by molar-refractivity contribution is 5.89. The predicted octanol–water partition coefficient (Wildman–Crippen LogP) is 2.03. The van der Waals surface area contributed by atoms with E-state index in [0.29, 0.717) is 5.91 Å². The van der Waals surface area contributed by atoms with Crippen LogP contribution in [0.4, 0.5) is 0 Å². The minimum atomic E-state index is -0.235. The number of methoxy groups -OCH3 is 1. The number of nitrogens with zero attached hydrogens (tertiary/aromatic N) is 1. The zero-order valence-corrected chi connectivity index (χ0v) is 12.2. The molecular formula is C15H26N2O2. The zero-order chi connectivity index (χ0) is 13.5. The van der Waals surface area contributed by atoms with Gasteiger partial charge in [-0.3, -0.25) is 10.1 Å². The molecule has 108 valence electrons. The van der Waals surface area contributed by atoms with Crippen LogP contribution in [-0.2, 0) is 9.53 Å². The maximum atomic E-state index is 13.0.